The first-order chi connectivity index (χ1) is 11.6. The van der Waals surface area contributed by atoms with Crippen LogP contribution in [0, 0.1) is 5.82 Å². The number of rotatable bonds is 5. The van der Waals surface area contributed by atoms with Crippen LogP contribution in [0.4, 0.5) is 17.6 Å². The second-order valence-corrected chi connectivity index (χ2v) is 6.74. The Morgan fingerprint density at radius 1 is 1.36 bits per heavy atom. The Morgan fingerprint density at radius 2 is 2.04 bits per heavy atom. The van der Waals surface area contributed by atoms with Gasteiger partial charge < -0.3 is 5.11 Å². The molecule has 1 saturated heterocycles. The van der Waals surface area contributed by atoms with Crippen molar-refractivity contribution in [3.63, 3.8) is 0 Å². The Labute approximate surface area is 149 Å². The molecule has 25 heavy (non-hydrogen) atoms. The number of amides is 1. The van der Waals surface area contributed by atoms with Gasteiger partial charge >= 0.3 is 12.1 Å². The second kappa shape index (κ2) is 7.52. The number of hydrogen-bond acceptors (Lipinski definition) is 4. The normalized spacial score (nSPS) is 16.8. The molecule has 2 rings (SSSR count). The lowest BCUT2D eigenvalue weighted by atomic mass is 10.1. The van der Waals surface area contributed by atoms with Gasteiger partial charge in [-0.05, 0) is 30.2 Å². The summed E-state index contributed by atoms with van der Waals surface area (Å²) < 4.78 is 51.7. The van der Waals surface area contributed by atoms with Crippen molar-refractivity contribution >= 4 is 46.3 Å². The maximum atomic E-state index is 13.3. The Balaban J connectivity index is 2.20. The van der Waals surface area contributed by atoms with E-state index in [4.69, 9.17) is 17.3 Å². The molecule has 0 bridgehead atoms. The number of carbonyl (C=O) groups excluding carboxylic acids is 1. The fourth-order valence-corrected chi connectivity index (χ4v) is 3.39. The number of thiocarbonyl (C=S) groups is 1. The van der Waals surface area contributed by atoms with E-state index in [0.717, 1.165) is 17.8 Å². The average Bonchev–Trinajstić information content (AvgIpc) is 2.75. The minimum absolute atomic E-state index is 0.0137. The smallest absolute Gasteiger partial charge is 0.419 e. The van der Waals surface area contributed by atoms with Crippen LogP contribution < -0.4 is 0 Å². The zero-order valence-corrected chi connectivity index (χ0v) is 14.1. The van der Waals surface area contributed by atoms with Crippen molar-refractivity contribution in [2.75, 3.05) is 6.54 Å². The van der Waals surface area contributed by atoms with E-state index in [0.29, 0.717) is 12.1 Å². The van der Waals surface area contributed by atoms with Gasteiger partial charge in [0.05, 0.1) is 10.5 Å². The summed E-state index contributed by atoms with van der Waals surface area (Å²) in [5, 5.41) is 8.60. The van der Waals surface area contributed by atoms with Crippen LogP contribution in [0.15, 0.2) is 23.1 Å². The van der Waals surface area contributed by atoms with E-state index >= 15 is 0 Å². The van der Waals surface area contributed by atoms with E-state index in [1.807, 2.05) is 0 Å². The molecule has 0 unspecified atom stereocenters. The number of hydrogen-bond donors (Lipinski definition) is 1. The number of aliphatic carboxylic acids is 1. The summed E-state index contributed by atoms with van der Waals surface area (Å²) in [6.07, 6.45) is -3.58. The van der Waals surface area contributed by atoms with Gasteiger partial charge in [-0.1, -0.05) is 30.0 Å². The van der Waals surface area contributed by atoms with Crippen molar-refractivity contribution in [3.8, 4) is 0 Å². The molecule has 0 aromatic heterocycles. The highest BCUT2D eigenvalue weighted by atomic mass is 32.2. The molecule has 0 spiro atoms. The van der Waals surface area contributed by atoms with Gasteiger partial charge in [0, 0.05) is 13.0 Å². The maximum absolute atomic E-state index is 13.3. The second-order valence-electron chi connectivity index (χ2n) is 5.07. The summed E-state index contributed by atoms with van der Waals surface area (Å²) >= 11 is 5.93. The number of nitrogens with zero attached hydrogens (tertiary/aromatic N) is 1. The van der Waals surface area contributed by atoms with Gasteiger partial charge in [-0.2, -0.15) is 13.2 Å². The summed E-state index contributed by atoms with van der Waals surface area (Å²) in [7, 11) is 0. The van der Waals surface area contributed by atoms with Crippen LogP contribution in [0.3, 0.4) is 0 Å². The van der Waals surface area contributed by atoms with Crippen molar-refractivity contribution in [2.45, 2.75) is 19.0 Å². The largest absolute Gasteiger partial charge is 0.481 e. The minimum atomic E-state index is -4.84. The molecule has 1 fully saturated rings. The SMILES string of the molecule is O=C(O)CCCN1C(=O)C(=Cc2ccc(F)c(C(F)(F)F)c2)SC1=S. The van der Waals surface area contributed by atoms with Gasteiger partial charge in [0.15, 0.2) is 0 Å². The van der Waals surface area contributed by atoms with Crippen LogP contribution in [0.1, 0.15) is 24.0 Å². The first kappa shape index (κ1) is 19.4. The third kappa shape index (κ3) is 4.79. The first-order valence-corrected chi connectivity index (χ1v) is 8.16. The summed E-state index contributed by atoms with van der Waals surface area (Å²) in [6, 6.07) is 2.43. The number of benzene rings is 1. The van der Waals surface area contributed by atoms with Gasteiger partial charge in [-0.15, -0.1) is 0 Å². The summed E-state index contributed by atoms with van der Waals surface area (Å²) in [5.41, 5.74) is -1.40. The molecule has 1 aromatic carbocycles. The molecule has 1 aliphatic heterocycles. The fraction of sp³-hybridized carbons (Fsp3) is 0.267. The van der Waals surface area contributed by atoms with Crippen LogP contribution in [0.5, 0.6) is 0 Å². The zero-order valence-electron chi connectivity index (χ0n) is 12.5. The lowest BCUT2D eigenvalue weighted by Gasteiger charge is -2.13. The number of carboxylic acids is 1. The molecule has 1 aliphatic rings. The lowest BCUT2D eigenvalue weighted by molar-refractivity contribution is -0.140. The van der Waals surface area contributed by atoms with Crippen molar-refractivity contribution in [1.82, 2.24) is 4.90 Å². The Morgan fingerprint density at radius 3 is 2.64 bits per heavy atom. The third-order valence-corrected chi connectivity index (χ3v) is 4.62. The Bertz CT molecular complexity index is 762. The van der Waals surface area contributed by atoms with Gasteiger partial charge in [0.1, 0.15) is 10.1 Å². The molecule has 1 aromatic rings. The van der Waals surface area contributed by atoms with Crippen LogP contribution in [-0.4, -0.2) is 32.7 Å². The predicted molar refractivity (Wildman–Crippen MR) is 88.2 cm³/mol. The van der Waals surface area contributed by atoms with Crippen LogP contribution >= 0.6 is 24.0 Å². The predicted octanol–water partition coefficient (Wildman–Crippen LogP) is 3.91. The van der Waals surface area contributed by atoms with E-state index in [1.165, 1.54) is 11.0 Å². The van der Waals surface area contributed by atoms with Crippen molar-refractivity contribution < 1.29 is 32.3 Å². The number of halogens is 4. The summed E-state index contributed by atoms with van der Waals surface area (Å²) in [6.45, 7) is 0.103. The Hall–Kier alpha value is -1.94. The number of alkyl halides is 3. The van der Waals surface area contributed by atoms with Gasteiger partial charge in [0.25, 0.3) is 5.91 Å². The zero-order chi connectivity index (χ0) is 18.8. The molecule has 0 saturated carbocycles. The summed E-state index contributed by atoms with van der Waals surface area (Å²) in [4.78, 5) is 24.1. The molecular formula is C15H11F4NO3S2. The van der Waals surface area contributed by atoms with Crippen LogP contribution in [0.2, 0.25) is 0 Å². The monoisotopic (exact) mass is 393 g/mol. The van der Waals surface area contributed by atoms with Gasteiger partial charge in [0.2, 0.25) is 0 Å². The molecule has 1 heterocycles. The molecule has 4 nitrogen and oxygen atoms in total. The van der Waals surface area contributed by atoms with Crippen molar-refractivity contribution in [3.05, 3.63) is 40.0 Å². The van der Waals surface area contributed by atoms with E-state index in [9.17, 15) is 27.2 Å². The van der Waals surface area contributed by atoms with Gasteiger partial charge in [-0.3, -0.25) is 14.5 Å². The highest BCUT2D eigenvalue weighted by Crippen LogP contribution is 2.35. The maximum Gasteiger partial charge on any atom is 0.419 e. The highest BCUT2D eigenvalue weighted by molar-refractivity contribution is 8.26. The van der Waals surface area contributed by atoms with E-state index < -0.39 is 29.4 Å². The number of carboxylic acid groups (broad SMARTS) is 1. The van der Waals surface area contributed by atoms with Gasteiger partial charge in [-0.25, -0.2) is 4.39 Å². The highest BCUT2D eigenvalue weighted by Gasteiger charge is 2.35. The third-order valence-electron chi connectivity index (χ3n) is 3.24. The van der Waals surface area contributed by atoms with E-state index in [-0.39, 0.29) is 34.2 Å². The first-order valence-electron chi connectivity index (χ1n) is 6.93. The minimum Gasteiger partial charge on any atom is -0.481 e. The van der Waals surface area contributed by atoms with E-state index in [1.54, 1.807) is 0 Å². The van der Waals surface area contributed by atoms with Crippen molar-refractivity contribution in [2.24, 2.45) is 0 Å². The van der Waals surface area contributed by atoms with Crippen LogP contribution in [0.25, 0.3) is 6.08 Å². The van der Waals surface area contributed by atoms with Crippen LogP contribution in [-0.2, 0) is 15.8 Å². The standard InChI is InChI=1S/C15H11F4NO3S2/c16-10-4-3-8(6-9(10)15(17,18)19)7-11-13(23)20(14(24)25-11)5-1-2-12(21)22/h3-4,6-7H,1-2,5H2,(H,21,22). The molecule has 0 radical (unpaired) electrons. The molecule has 10 heteroatoms. The Kier molecular flexibility index (Phi) is 5.83. The topological polar surface area (TPSA) is 57.6 Å². The quantitative estimate of drug-likeness (QED) is 0.467. The molecule has 0 aliphatic carbocycles. The molecular weight excluding hydrogens is 382 g/mol. The lowest BCUT2D eigenvalue weighted by Crippen LogP contribution is -2.29. The number of thioether (sulfide) groups is 1. The molecule has 1 amide bonds. The van der Waals surface area contributed by atoms with Crippen molar-refractivity contribution in [1.29, 1.82) is 0 Å². The summed E-state index contributed by atoms with van der Waals surface area (Å²) in [5.74, 6) is -2.92. The average molecular weight is 393 g/mol. The number of carbonyl (C=O) groups is 2. The fourth-order valence-electron chi connectivity index (χ4n) is 2.08. The molecule has 0 atom stereocenters. The van der Waals surface area contributed by atoms with E-state index in [2.05, 4.69) is 0 Å². The molecule has 134 valence electrons. The molecule has 1 N–H and O–H groups in total.